The molecule has 3 heterocycles. The fourth-order valence-corrected chi connectivity index (χ4v) is 3.80. The third kappa shape index (κ3) is 4.59. The molecule has 0 saturated carbocycles. The number of aromatic nitrogens is 5. The number of hydrogen-bond donors (Lipinski definition) is 1. The molecule has 34 heavy (non-hydrogen) atoms. The molecule has 11 heteroatoms. The Hall–Kier alpha value is -3.89. The maximum Gasteiger partial charge on any atom is 0.320 e. The zero-order chi connectivity index (χ0) is 24.4. The summed E-state index contributed by atoms with van der Waals surface area (Å²) in [6.45, 7) is 7.25. The van der Waals surface area contributed by atoms with E-state index in [0.717, 1.165) is 11.1 Å². The van der Waals surface area contributed by atoms with Crippen LogP contribution in [0.1, 0.15) is 54.0 Å². The molecule has 2 aromatic heterocycles. The minimum Gasteiger partial charge on any atom is -0.328 e. The number of urea groups is 1. The van der Waals surface area contributed by atoms with Crippen LogP contribution in [0.5, 0.6) is 0 Å². The van der Waals surface area contributed by atoms with Crippen molar-refractivity contribution in [3.8, 4) is 5.82 Å². The number of pyridine rings is 1. The zero-order valence-corrected chi connectivity index (χ0v) is 19.6. The van der Waals surface area contributed by atoms with Crippen molar-refractivity contribution < 1.29 is 14.0 Å². The van der Waals surface area contributed by atoms with Crippen LogP contribution in [0, 0.1) is 5.82 Å². The third-order valence-electron chi connectivity index (χ3n) is 5.82. The number of halogens is 1. The number of carbonyl (C=O) groups excluding carboxylic acids is 2. The summed E-state index contributed by atoms with van der Waals surface area (Å²) in [5.74, 6) is 0.144. The van der Waals surface area contributed by atoms with Gasteiger partial charge in [-0.3, -0.25) is 4.79 Å². The van der Waals surface area contributed by atoms with Crippen molar-refractivity contribution in [2.75, 3.05) is 25.5 Å². The number of nitrogens with one attached hydrogen (secondary N) is 1. The Morgan fingerprint density at radius 3 is 2.76 bits per heavy atom. The van der Waals surface area contributed by atoms with Gasteiger partial charge in [0.05, 0.1) is 5.56 Å². The molecule has 3 amide bonds. The fourth-order valence-electron chi connectivity index (χ4n) is 3.80. The van der Waals surface area contributed by atoms with Gasteiger partial charge in [-0.25, -0.2) is 14.2 Å². The smallest absolute Gasteiger partial charge is 0.320 e. The summed E-state index contributed by atoms with van der Waals surface area (Å²) in [6.07, 6.45) is 0.533. The van der Waals surface area contributed by atoms with E-state index in [1.54, 1.807) is 35.0 Å². The second-order valence-corrected chi connectivity index (χ2v) is 8.51. The molecule has 1 N–H and O–H groups in total. The van der Waals surface area contributed by atoms with Gasteiger partial charge in [0, 0.05) is 32.6 Å². The van der Waals surface area contributed by atoms with Gasteiger partial charge in [-0.05, 0) is 59.2 Å². The molecule has 178 valence electrons. The summed E-state index contributed by atoms with van der Waals surface area (Å²) in [5, 5.41) is 14.3. The Labute approximate surface area is 196 Å². The van der Waals surface area contributed by atoms with Crippen molar-refractivity contribution in [3.05, 3.63) is 58.7 Å². The van der Waals surface area contributed by atoms with Crippen molar-refractivity contribution in [3.63, 3.8) is 0 Å². The van der Waals surface area contributed by atoms with E-state index in [1.165, 1.54) is 16.8 Å². The fraction of sp³-hybridized carbons (Fsp3) is 0.391. The molecule has 10 nitrogen and oxygen atoms in total. The van der Waals surface area contributed by atoms with Crippen molar-refractivity contribution in [2.24, 2.45) is 0 Å². The first-order valence-corrected chi connectivity index (χ1v) is 11.2. The zero-order valence-electron chi connectivity index (χ0n) is 19.6. The molecule has 1 aromatic carbocycles. The van der Waals surface area contributed by atoms with Crippen LogP contribution in [-0.2, 0) is 13.0 Å². The molecule has 0 atom stereocenters. The average Bonchev–Trinajstić information content (AvgIpc) is 3.33. The van der Waals surface area contributed by atoms with Crippen LogP contribution in [0.3, 0.4) is 0 Å². The highest BCUT2D eigenvalue weighted by molar-refractivity contribution is 6.04. The lowest BCUT2D eigenvalue weighted by molar-refractivity contribution is 0.102. The number of amides is 3. The number of rotatable bonds is 5. The van der Waals surface area contributed by atoms with Gasteiger partial charge in [-0.2, -0.15) is 4.68 Å². The molecule has 1 aliphatic heterocycles. The Bertz CT molecular complexity index is 1230. The monoisotopic (exact) mass is 466 g/mol. The number of nitrogens with zero attached hydrogens (tertiary/aromatic N) is 7. The van der Waals surface area contributed by atoms with Gasteiger partial charge in [0.25, 0.3) is 5.91 Å². The van der Waals surface area contributed by atoms with Gasteiger partial charge in [0.2, 0.25) is 0 Å². The van der Waals surface area contributed by atoms with Crippen LogP contribution in [0.4, 0.5) is 15.0 Å². The van der Waals surface area contributed by atoms with E-state index < -0.39 is 11.7 Å². The minimum absolute atomic E-state index is 0.0724. The number of carbonyl (C=O) groups is 2. The summed E-state index contributed by atoms with van der Waals surface area (Å²) in [6, 6.07) is 7.85. The van der Waals surface area contributed by atoms with Crippen LogP contribution in [0.2, 0.25) is 0 Å². The quantitative estimate of drug-likeness (QED) is 0.619. The number of benzene rings is 1. The molecular formula is C23H27FN8O2. The summed E-state index contributed by atoms with van der Waals surface area (Å²) in [5.41, 5.74) is 1.46. The van der Waals surface area contributed by atoms with Crippen molar-refractivity contribution in [1.29, 1.82) is 0 Å². The molecule has 0 radical (unpaired) electrons. The predicted molar refractivity (Wildman–Crippen MR) is 123 cm³/mol. The Balaban J connectivity index is 1.56. The van der Waals surface area contributed by atoms with Crippen LogP contribution >= 0.6 is 0 Å². The lowest BCUT2D eigenvalue weighted by Gasteiger charge is -2.32. The molecule has 0 saturated heterocycles. The molecular weight excluding hydrogens is 439 g/mol. The maximum absolute atomic E-state index is 14.8. The van der Waals surface area contributed by atoms with Gasteiger partial charge in [0.1, 0.15) is 11.6 Å². The number of anilines is 1. The van der Waals surface area contributed by atoms with Crippen LogP contribution < -0.4 is 5.32 Å². The highest BCUT2D eigenvalue weighted by Crippen LogP contribution is 2.24. The largest absolute Gasteiger partial charge is 0.328 e. The minimum atomic E-state index is -0.625. The Morgan fingerprint density at radius 2 is 2.03 bits per heavy atom. The number of hydrogen-bond acceptors (Lipinski definition) is 6. The van der Waals surface area contributed by atoms with Crippen molar-refractivity contribution in [1.82, 2.24) is 35.0 Å². The SMILES string of the molecule is CCN(C)C(=O)N1CCc2cc(F)c(C(=O)Nc3cccc(-n4nnnc4C(C)C)n3)cc2C1. The van der Waals surface area contributed by atoms with E-state index in [-0.39, 0.29) is 23.3 Å². The van der Waals surface area contributed by atoms with Gasteiger partial charge in [0.15, 0.2) is 11.6 Å². The van der Waals surface area contributed by atoms with Gasteiger partial charge < -0.3 is 15.1 Å². The molecule has 1 aliphatic rings. The van der Waals surface area contributed by atoms with E-state index in [2.05, 4.69) is 25.8 Å². The molecule has 0 bridgehead atoms. The standard InChI is InChI=1S/C23H27FN8O2/c1-5-30(4)23(34)31-10-9-15-12-18(24)17(11-16(15)13-31)22(33)26-19-7-6-8-20(25-19)32-21(14(2)3)27-28-29-32/h6-8,11-12,14H,5,9-10,13H2,1-4H3,(H,25,26,33). The molecule has 3 aromatic rings. The molecule has 4 rings (SSSR count). The second-order valence-electron chi connectivity index (χ2n) is 8.51. The van der Waals surface area contributed by atoms with E-state index in [0.29, 0.717) is 37.7 Å². The van der Waals surface area contributed by atoms with Crippen LogP contribution in [0.15, 0.2) is 30.3 Å². The normalized spacial score (nSPS) is 13.1. The summed E-state index contributed by atoms with van der Waals surface area (Å²) in [7, 11) is 1.74. The van der Waals surface area contributed by atoms with E-state index in [9.17, 15) is 14.0 Å². The molecule has 0 spiro atoms. The lowest BCUT2D eigenvalue weighted by Crippen LogP contribution is -2.43. The first-order chi connectivity index (χ1) is 16.3. The van der Waals surface area contributed by atoms with Crippen molar-refractivity contribution >= 4 is 17.8 Å². The van der Waals surface area contributed by atoms with Gasteiger partial charge in [-0.15, -0.1) is 5.10 Å². The molecule has 0 fully saturated rings. The van der Waals surface area contributed by atoms with Crippen molar-refractivity contribution in [2.45, 2.75) is 39.7 Å². The van der Waals surface area contributed by atoms with Gasteiger partial charge >= 0.3 is 6.03 Å². The summed E-state index contributed by atoms with van der Waals surface area (Å²) in [4.78, 5) is 33.2. The highest BCUT2D eigenvalue weighted by atomic mass is 19.1. The first-order valence-electron chi connectivity index (χ1n) is 11.2. The van der Waals surface area contributed by atoms with E-state index in [1.807, 2.05) is 20.8 Å². The lowest BCUT2D eigenvalue weighted by atomic mass is 9.96. The van der Waals surface area contributed by atoms with Crippen LogP contribution in [0.25, 0.3) is 5.82 Å². The average molecular weight is 467 g/mol. The predicted octanol–water partition coefficient (Wildman–Crippen LogP) is 3.00. The second kappa shape index (κ2) is 9.54. The maximum atomic E-state index is 14.8. The Morgan fingerprint density at radius 1 is 1.24 bits per heavy atom. The number of fused-ring (bicyclic) bond motifs is 1. The Kier molecular flexibility index (Phi) is 6.53. The van der Waals surface area contributed by atoms with Crippen LogP contribution in [-0.4, -0.2) is 67.1 Å². The number of tetrazole rings is 1. The summed E-state index contributed by atoms with van der Waals surface area (Å²) >= 11 is 0. The highest BCUT2D eigenvalue weighted by Gasteiger charge is 2.25. The topological polar surface area (TPSA) is 109 Å². The van der Waals surface area contributed by atoms with E-state index >= 15 is 0 Å². The summed E-state index contributed by atoms with van der Waals surface area (Å²) < 4.78 is 16.3. The first kappa shape index (κ1) is 23.3. The molecule has 0 aliphatic carbocycles. The molecule has 0 unspecified atom stereocenters. The van der Waals surface area contributed by atoms with Gasteiger partial charge in [-0.1, -0.05) is 19.9 Å². The third-order valence-corrected chi connectivity index (χ3v) is 5.82. The van der Waals surface area contributed by atoms with E-state index in [4.69, 9.17) is 0 Å².